The van der Waals surface area contributed by atoms with Crippen LogP contribution >= 0.6 is 0 Å². The van der Waals surface area contributed by atoms with E-state index >= 15 is 0 Å². The zero-order valence-electron chi connectivity index (χ0n) is 17.6. The van der Waals surface area contributed by atoms with Crippen molar-refractivity contribution in [1.82, 2.24) is 0 Å². The van der Waals surface area contributed by atoms with Gasteiger partial charge in [0.15, 0.2) is 0 Å². The average molecular weight is 419 g/mol. The van der Waals surface area contributed by atoms with Gasteiger partial charge in [0.1, 0.15) is 5.78 Å². The first kappa shape index (κ1) is 23.0. The minimum Gasteiger partial charge on any atom is -0.726 e. The number of ketones is 1. The van der Waals surface area contributed by atoms with E-state index in [1.54, 1.807) is 6.92 Å². The van der Waals surface area contributed by atoms with Crippen LogP contribution in [-0.4, -0.2) is 24.9 Å². The molecule has 0 amide bonds. The molecule has 0 aromatic carbocycles. The van der Waals surface area contributed by atoms with Gasteiger partial charge in [0, 0.05) is 5.92 Å². The summed E-state index contributed by atoms with van der Waals surface area (Å²) in [5, 5.41) is 0. The molecule has 152 valence electrons. The molecule has 0 spiro atoms. The zero-order valence-corrected chi connectivity index (χ0v) is 20.4. The molecule has 0 radical (unpaired) electrons. The third kappa shape index (κ3) is 3.71. The van der Waals surface area contributed by atoms with Gasteiger partial charge in [-0.15, -0.1) is 0 Å². The van der Waals surface area contributed by atoms with Gasteiger partial charge in [-0.3, -0.25) is 8.98 Å². The molecule has 7 unspecified atom stereocenters. The largest absolute Gasteiger partial charge is 1.00 e. The fraction of sp³-hybridized carbons (Fsp3) is 0.857. The topological polar surface area (TPSA) is 83.5 Å². The Hall–Kier alpha value is 0.280. The van der Waals surface area contributed by atoms with Gasteiger partial charge >= 0.3 is 29.6 Å². The van der Waals surface area contributed by atoms with Crippen molar-refractivity contribution in [2.45, 2.75) is 78.2 Å². The normalized spacial score (nSPS) is 45.1. The van der Waals surface area contributed by atoms with Gasteiger partial charge in [-0.2, -0.15) is 0 Å². The molecule has 5 nitrogen and oxygen atoms in total. The Kier molecular flexibility index (Phi) is 6.36. The monoisotopic (exact) mass is 418 g/mol. The fourth-order valence-corrected chi connectivity index (χ4v) is 8.04. The molecule has 7 atom stereocenters. The van der Waals surface area contributed by atoms with Crippen molar-refractivity contribution in [2.24, 2.45) is 34.5 Å². The van der Waals surface area contributed by atoms with E-state index in [4.69, 9.17) is 4.18 Å². The molecule has 28 heavy (non-hydrogen) atoms. The third-order valence-electron chi connectivity index (χ3n) is 8.80. The van der Waals surface area contributed by atoms with E-state index in [0.29, 0.717) is 36.4 Å². The Morgan fingerprint density at radius 2 is 1.86 bits per heavy atom. The maximum atomic E-state index is 12.2. The number of Topliss-reactive ketones (excluding diaryl/α,β-unsaturated/α-hetero) is 1. The van der Waals surface area contributed by atoms with E-state index in [1.807, 2.05) is 0 Å². The number of carbonyl (C=O) groups excluding carboxylic acids is 1. The van der Waals surface area contributed by atoms with Crippen molar-refractivity contribution >= 4 is 16.2 Å². The predicted molar refractivity (Wildman–Crippen MR) is 100 cm³/mol. The second kappa shape index (κ2) is 7.76. The first-order valence-corrected chi connectivity index (χ1v) is 11.7. The minimum atomic E-state index is -4.65. The van der Waals surface area contributed by atoms with Crippen LogP contribution in [0, 0.1) is 34.5 Å². The summed E-state index contributed by atoms with van der Waals surface area (Å²) >= 11 is 0. The van der Waals surface area contributed by atoms with Crippen LogP contribution < -0.4 is 29.6 Å². The molecule has 0 aliphatic heterocycles. The Balaban J connectivity index is 0.00000225. The van der Waals surface area contributed by atoms with Crippen molar-refractivity contribution in [3.8, 4) is 0 Å². The van der Waals surface area contributed by atoms with Gasteiger partial charge in [0.25, 0.3) is 0 Å². The number of hydrogen-bond donors (Lipinski definition) is 0. The van der Waals surface area contributed by atoms with Crippen molar-refractivity contribution in [1.29, 1.82) is 0 Å². The van der Waals surface area contributed by atoms with Crippen LogP contribution in [0.15, 0.2) is 11.6 Å². The quantitative estimate of drug-likeness (QED) is 0.296. The molecule has 0 aromatic rings. The van der Waals surface area contributed by atoms with E-state index in [2.05, 4.69) is 19.9 Å². The SMILES string of the molecule is CC(=O)C1CCC2C3CC=C4CC(OS(=O)(=O)[O-])CCC4(C)C3CCC12C.[Na+]. The Labute approximate surface area is 191 Å². The Bertz CT molecular complexity index is 778. The summed E-state index contributed by atoms with van der Waals surface area (Å²) in [4.78, 5) is 12.2. The van der Waals surface area contributed by atoms with E-state index in [0.717, 1.165) is 38.5 Å². The number of carbonyl (C=O) groups is 1. The van der Waals surface area contributed by atoms with Gasteiger partial charge in [0.2, 0.25) is 10.4 Å². The second-order valence-electron chi connectivity index (χ2n) is 9.91. The van der Waals surface area contributed by atoms with Crippen LogP contribution in [-0.2, 0) is 19.4 Å². The molecule has 0 saturated heterocycles. The van der Waals surface area contributed by atoms with E-state index in [-0.39, 0.29) is 46.3 Å². The summed E-state index contributed by atoms with van der Waals surface area (Å²) < 4.78 is 37.7. The second-order valence-corrected chi connectivity index (χ2v) is 10.9. The van der Waals surface area contributed by atoms with Crippen LogP contribution in [0.25, 0.3) is 0 Å². The molecular formula is C21H31NaO5S. The van der Waals surface area contributed by atoms with Crippen LogP contribution in [0.5, 0.6) is 0 Å². The molecule has 3 saturated carbocycles. The summed E-state index contributed by atoms with van der Waals surface area (Å²) in [6, 6.07) is 0. The number of allylic oxidation sites excluding steroid dienone is 1. The zero-order chi connectivity index (χ0) is 19.6. The summed E-state index contributed by atoms with van der Waals surface area (Å²) in [7, 11) is -4.65. The van der Waals surface area contributed by atoms with E-state index < -0.39 is 16.5 Å². The molecule has 0 heterocycles. The predicted octanol–water partition coefficient (Wildman–Crippen LogP) is 1.00. The van der Waals surface area contributed by atoms with E-state index in [1.165, 1.54) is 5.57 Å². The summed E-state index contributed by atoms with van der Waals surface area (Å²) in [5.74, 6) is 2.38. The van der Waals surface area contributed by atoms with Crippen LogP contribution in [0.3, 0.4) is 0 Å². The number of hydrogen-bond acceptors (Lipinski definition) is 5. The third-order valence-corrected chi connectivity index (χ3v) is 9.31. The van der Waals surface area contributed by atoms with Crippen molar-refractivity contribution < 1.29 is 51.5 Å². The Morgan fingerprint density at radius 1 is 1.14 bits per heavy atom. The maximum Gasteiger partial charge on any atom is 1.00 e. The van der Waals surface area contributed by atoms with Gasteiger partial charge in [0.05, 0.1) is 6.10 Å². The molecule has 0 bridgehead atoms. The van der Waals surface area contributed by atoms with Gasteiger partial charge in [-0.1, -0.05) is 25.5 Å². The number of fused-ring (bicyclic) bond motifs is 5. The summed E-state index contributed by atoms with van der Waals surface area (Å²) in [6.07, 6.45) is 9.30. The summed E-state index contributed by atoms with van der Waals surface area (Å²) in [6.45, 7) is 6.44. The van der Waals surface area contributed by atoms with Crippen molar-refractivity contribution in [3.05, 3.63) is 11.6 Å². The van der Waals surface area contributed by atoms with Gasteiger partial charge in [-0.05, 0) is 86.9 Å². The van der Waals surface area contributed by atoms with Gasteiger partial charge < -0.3 is 4.55 Å². The van der Waals surface area contributed by atoms with Crippen LogP contribution in [0.2, 0.25) is 0 Å². The van der Waals surface area contributed by atoms with Crippen molar-refractivity contribution in [3.63, 3.8) is 0 Å². The fourth-order valence-electron chi connectivity index (χ4n) is 7.54. The maximum absolute atomic E-state index is 12.2. The molecular weight excluding hydrogens is 387 g/mol. The molecule has 0 aromatic heterocycles. The van der Waals surface area contributed by atoms with Crippen LogP contribution in [0.4, 0.5) is 0 Å². The van der Waals surface area contributed by atoms with E-state index in [9.17, 15) is 17.8 Å². The molecule has 4 aliphatic rings. The average Bonchev–Trinajstić information content (AvgIpc) is 2.91. The number of rotatable bonds is 3. The first-order valence-electron chi connectivity index (χ1n) is 10.4. The summed E-state index contributed by atoms with van der Waals surface area (Å²) in [5.41, 5.74) is 1.50. The smallest absolute Gasteiger partial charge is 0.726 e. The van der Waals surface area contributed by atoms with Crippen molar-refractivity contribution in [2.75, 3.05) is 0 Å². The molecule has 3 fully saturated rings. The molecule has 7 heteroatoms. The van der Waals surface area contributed by atoms with Crippen LogP contribution in [0.1, 0.15) is 72.1 Å². The molecule has 0 N–H and O–H groups in total. The molecule has 4 aliphatic carbocycles. The minimum absolute atomic E-state index is 0. The van der Waals surface area contributed by atoms with Gasteiger partial charge in [-0.25, -0.2) is 8.42 Å². The Morgan fingerprint density at radius 3 is 2.50 bits per heavy atom. The standard InChI is InChI=1S/C21H32O5S.Na/c1-13(22)17-6-7-18-16-5-4-14-12-15(26-27(23,24)25)8-10-20(14,2)19(16)9-11-21(17,18)3;/h4,15-19H,5-12H2,1-3H3,(H,23,24,25);/q;+1/p-1. The first-order chi connectivity index (χ1) is 12.5. The molecule has 4 rings (SSSR count).